The van der Waals surface area contributed by atoms with Crippen LogP contribution in [0.4, 0.5) is 5.69 Å². The highest BCUT2D eigenvalue weighted by molar-refractivity contribution is 5.94. The number of benzene rings is 1. The fraction of sp³-hybridized carbons (Fsp3) is 0.267. The molecule has 6 nitrogen and oxygen atoms in total. The van der Waals surface area contributed by atoms with E-state index in [1.807, 2.05) is 24.3 Å². The molecule has 1 aliphatic rings. The quantitative estimate of drug-likeness (QED) is 0.928. The van der Waals surface area contributed by atoms with Crippen LogP contribution in [0.5, 0.6) is 0 Å². The van der Waals surface area contributed by atoms with E-state index in [-0.39, 0.29) is 18.0 Å². The van der Waals surface area contributed by atoms with Crippen molar-refractivity contribution in [2.24, 2.45) is 0 Å². The van der Waals surface area contributed by atoms with Crippen LogP contribution in [0.25, 0.3) is 0 Å². The van der Waals surface area contributed by atoms with Gasteiger partial charge in [0.1, 0.15) is 6.54 Å². The molecule has 108 valence electrons. The fourth-order valence-corrected chi connectivity index (χ4v) is 2.58. The van der Waals surface area contributed by atoms with Crippen LogP contribution in [-0.2, 0) is 17.8 Å². The lowest BCUT2D eigenvalue weighted by Gasteiger charge is -2.29. The van der Waals surface area contributed by atoms with Gasteiger partial charge in [-0.25, -0.2) is 4.79 Å². The number of fused-ring (bicyclic) bond motifs is 1. The van der Waals surface area contributed by atoms with Crippen molar-refractivity contribution in [3.05, 3.63) is 47.8 Å². The number of aromatic nitrogens is 2. The summed E-state index contributed by atoms with van der Waals surface area (Å²) in [5.74, 6) is -1.13. The van der Waals surface area contributed by atoms with Crippen molar-refractivity contribution in [1.29, 1.82) is 0 Å². The number of amides is 1. The molecule has 1 aromatic heterocycles. The van der Waals surface area contributed by atoms with Gasteiger partial charge in [0.25, 0.3) is 0 Å². The zero-order chi connectivity index (χ0) is 14.8. The van der Waals surface area contributed by atoms with E-state index in [2.05, 4.69) is 5.10 Å². The molecule has 1 aromatic carbocycles. The van der Waals surface area contributed by atoms with Gasteiger partial charge in [-0.3, -0.25) is 9.48 Å². The molecule has 1 aliphatic heterocycles. The second-order valence-electron chi connectivity index (χ2n) is 5.01. The van der Waals surface area contributed by atoms with Crippen molar-refractivity contribution in [2.75, 3.05) is 11.4 Å². The predicted octanol–water partition coefficient (Wildman–Crippen LogP) is 1.56. The first-order valence-electron chi connectivity index (χ1n) is 6.79. The number of aryl methyl sites for hydroxylation is 1. The number of hydrogen-bond acceptors (Lipinski definition) is 3. The van der Waals surface area contributed by atoms with Gasteiger partial charge in [0, 0.05) is 18.4 Å². The van der Waals surface area contributed by atoms with Gasteiger partial charge in [-0.05, 0) is 24.5 Å². The summed E-state index contributed by atoms with van der Waals surface area (Å²) in [6, 6.07) is 7.86. The minimum absolute atomic E-state index is 0.0433. The van der Waals surface area contributed by atoms with E-state index in [9.17, 15) is 9.59 Å². The van der Waals surface area contributed by atoms with Gasteiger partial charge in [-0.2, -0.15) is 5.10 Å². The van der Waals surface area contributed by atoms with Crippen molar-refractivity contribution in [2.45, 2.75) is 19.4 Å². The summed E-state index contributed by atoms with van der Waals surface area (Å²) in [5.41, 5.74) is 2.20. The summed E-state index contributed by atoms with van der Waals surface area (Å²) in [4.78, 5) is 25.0. The second-order valence-corrected chi connectivity index (χ2v) is 5.01. The van der Waals surface area contributed by atoms with Crippen LogP contribution >= 0.6 is 0 Å². The van der Waals surface area contributed by atoms with Crippen molar-refractivity contribution in [3.8, 4) is 0 Å². The Bertz CT molecular complexity index is 693. The molecule has 3 rings (SSSR count). The molecule has 6 heteroatoms. The fourth-order valence-electron chi connectivity index (χ4n) is 2.58. The van der Waals surface area contributed by atoms with E-state index in [0.29, 0.717) is 6.54 Å². The first-order chi connectivity index (χ1) is 10.1. The number of nitrogens with zero attached hydrogens (tertiary/aromatic N) is 3. The number of anilines is 1. The summed E-state index contributed by atoms with van der Waals surface area (Å²) in [7, 11) is 0. The molecule has 0 atom stereocenters. The van der Waals surface area contributed by atoms with Crippen molar-refractivity contribution < 1.29 is 14.7 Å². The van der Waals surface area contributed by atoms with Crippen molar-refractivity contribution in [1.82, 2.24) is 9.78 Å². The SMILES string of the molecule is O=C(O)c1cnn(CC(=O)N2CCCc3ccccc32)c1. The first-order valence-corrected chi connectivity index (χ1v) is 6.79. The summed E-state index contributed by atoms with van der Waals surface area (Å²) >= 11 is 0. The maximum atomic E-state index is 12.4. The van der Waals surface area contributed by atoms with E-state index in [0.717, 1.165) is 18.5 Å². The number of carboxylic acid groups (broad SMARTS) is 1. The number of carbonyl (C=O) groups is 2. The zero-order valence-corrected chi connectivity index (χ0v) is 11.4. The average Bonchev–Trinajstić information content (AvgIpc) is 2.95. The number of aromatic carboxylic acids is 1. The summed E-state index contributed by atoms with van der Waals surface area (Å²) in [6.45, 7) is 0.727. The Morgan fingerprint density at radius 1 is 1.29 bits per heavy atom. The number of rotatable bonds is 3. The largest absolute Gasteiger partial charge is 0.478 e. The topological polar surface area (TPSA) is 75.4 Å². The molecule has 0 saturated carbocycles. The lowest BCUT2D eigenvalue weighted by molar-refractivity contribution is -0.119. The predicted molar refractivity (Wildman–Crippen MR) is 76.3 cm³/mol. The van der Waals surface area contributed by atoms with E-state index in [1.165, 1.54) is 22.6 Å². The molecule has 0 aliphatic carbocycles. The van der Waals surface area contributed by atoms with Gasteiger partial charge in [0.05, 0.1) is 11.8 Å². The summed E-state index contributed by atoms with van der Waals surface area (Å²) in [5, 5.41) is 12.8. The molecule has 1 amide bonds. The molecule has 0 bridgehead atoms. The van der Waals surface area contributed by atoms with Crippen LogP contribution in [0, 0.1) is 0 Å². The smallest absolute Gasteiger partial charge is 0.338 e. The zero-order valence-electron chi connectivity index (χ0n) is 11.4. The third-order valence-corrected chi connectivity index (χ3v) is 3.59. The molecular formula is C15H15N3O3. The van der Waals surface area contributed by atoms with E-state index in [1.54, 1.807) is 4.90 Å². The molecule has 2 aromatic rings. The third kappa shape index (κ3) is 2.65. The minimum Gasteiger partial charge on any atom is -0.478 e. The van der Waals surface area contributed by atoms with Gasteiger partial charge in [0.2, 0.25) is 5.91 Å². The van der Waals surface area contributed by atoms with Gasteiger partial charge >= 0.3 is 5.97 Å². The first kappa shape index (κ1) is 13.4. The Labute approximate surface area is 121 Å². The van der Waals surface area contributed by atoms with Crippen LogP contribution in [0.15, 0.2) is 36.7 Å². The van der Waals surface area contributed by atoms with Gasteiger partial charge < -0.3 is 10.0 Å². The second kappa shape index (κ2) is 5.40. The number of para-hydroxylation sites is 1. The summed E-state index contributed by atoms with van der Waals surface area (Å²) < 4.78 is 1.36. The molecule has 0 spiro atoms. The Morgan fingerprint density at radius 2 is 2.10 bits per heavy atom. The van der Waals surface area contributed by atoms with Gasteiger partial charge in [0.15, 0.2) is 0 Å². The highest BCUT2D eigenvalue weighted by Crippen LogP contribution is 2.26. The Morgan fingerprint density at radius 3 is 2.86 bits per heavy atom. The van der Waals surface area contributed by atoms with Crippen LogP contribution < -0.4 is 4.90 Å². The molecule has 0 radical (unpaired) electrons. The minimum atomic E-state index is -1.04. The maximum absolute atomic E-state index is 12.4. The standard InChI is InChI=1S/C15H15N3O3/c19-14(10-17-9-12(8-16-17)15(20)21)18-7-3-5-11-4-1-2-6-13(11)18/h1-2,4,6,8-9H,3,5,7,10H2,(H,20,21). The Balaban J connectivity index is 1.78. The van der Waals surface area contributed by atoms with Crippen molar-refractivity contribution >= 4 is 17.6 Å². The van der Waals surface area contributed by atoms with Gasteiger partial charge in [-0.15, -0.1) is 0 Å². The average molecular weight is 285 g/mol. The van der Waals surface area contributed by atoms with Crippen LogP contribution in [0.2, 0.25) is 0 Å². The lowest BCUT2D eigenvalue weighted by Crippen LogP contribution is -2.37. The number of carbonyl (C=O) groups excluding carboxylic acids is 1. The molecule has 0 unspecified atom stereocenters. The van der Waals surface area contributed by atoms with Crippen LogP contribution in [0.1, 0.15) is 22.3 Å². The molecule has 0 fully saturated rings. The Kier molecular flexibility index (Phi) is 3.43. The third-order valence-electron chi connectivity index (χ3n) is 3.59. The molecule has 21 heavy (non-hydrogen) atoms. The van der Waals surface area contributed by atoms with Crippen LogP contribution in [0.3, 0.4) is 0 Å². The number of carboxylic acids is 1. The monoisotopic (exact) mass is 285 g/mol. The normalized spacial score (nSPS) is 13.8. The van der Waals surface area contributed by atoms with Crippen LogP contribution in [-0.4, -0.2) is 33.3 Å². The Hall–Kier alpha value is -2.63. The number of hydrogen-bond donors (Lipinski definition) is 1. The lowest BCUT2D eigenvalue weighted by atomic mass is 10.0. The van der Waals surface area contributed by atoms with Gasteiger partial charge in [-0.1, -0.05) is 18.2 Å². The molecular weight excluding hydrogens is 270 g/mol. The molecule has 0 saturated heterocycles. The van der Waals surface area contributed by atoms with Crippen molar-refractivity contribution in [3.63, 3.8) is 0 Å². The molecule has 1 N–H and O–H groups in total. The molecule has 2 heterocycles. The van der Waals surface area contributed by atoms with E-state index >= 15 is 0 Å². The van der Waals surface area contributed by atoms with E-state index in [4.69, 9.17) is 5.11 Å². The highest BCUT2D eigenvalue weighted by atomic mass is 16.4. The van der Waals surface area contributed by atoms with E-state index < -0.39 is 5.97 Å². The highest BCUT2D eigenvalue weighted by Gasteiger charge is 2.22. The summed E-state index contributed by atoms with van der Waals surface area (Å²) in [6.07, 6.45) is 4.53. The maximum Gasteiger partial charge on any atom is 0.338 e.